The Bertz CT molecular complexity index is 340. The van der Waals surface area contributed by atoms with Gasteiger partial charge in [-0.25, -0.2) is 0 Å². The zero-order valence-corrected chi connectivity index (χ0v) is 11.0. The first-order valence-electron chi connectivity index (χ1n) is 5.76. The summed E-state index contributed by atoms with van der Waals surface area (Å²) in [6.45, 7) is 10.4. The summed E-state index contributed by atoms with van der Waals surface area (Å²) in [5, 5.41) is 6.08. The Morgan fingerprint density at radius 3 is 2.53 bits per heavy atom. The molecule has 1 nitrogen and oxygen atoms in total. The summed E-state index contributed by atoms with van der Waals surface area (Å²) in [5.41, 5.74) is 1.99. The van der Waals surface area contributed by atoms with Gasteiger partial charge in [0.2, 0.25) is 0 Å². The highest BCUT2D eigenvalue weighted by Crippen LogP contribution is 2.46. The van der Waals surface area contributed by atoms with Crippen molar-refractivity contribution in [2.24, 2.45) is 5.41 Å². The van der Waals surface area contributed by atoms with Crippen LogP contribution in [-0.2, 0) is 5.54 Å². The molecule has 1 saturated heterocycles. The van der Waals surface area contributed by atoms with Crippen LogP contribution in [0.5, 0.6) is 0 Å². The minimum atomic E-state index is 0.206. The number of hydrogen-bond acceptors (Lipinski definition) is 2. The number of aryl methyl sites for hydroxylation is 1. The molecular weight excluding hydrogens is 202 g/mol. The van der Waals surface area contributed by atoms with Gasteiger partial charge in [-0.3, -0.25) is 0 Å². The van der Waals surface area contributed by atoms with Crippen LogP contribution in [-0.4, -0.2) is 6.54 Å². The van der Waals surface area contributed by atoms with E-state index in [0.29, 0.717) is 0 Å². The summed E-state index contributed by atoms with van der Waals surface area (Å²) in [6.07, 6.45) is 2.57. The highest BCUT2D eigenvalue weighted by molar-refractivity contribution is 7.10. The summed E-state index contributed by atoms with van der Waals surface area (Å²) in [7, 11) is 0. The third kappa shape index (κ3) is 1.74. The fourth-order valence-corrected chi connectivity index (χ4v) is 3.51. The molecule has 1 aliphatic rings. The van der Waals surface area contributed by atoms with Gasteiger partial charge in [-0.2, -0.15) is 0 Å². The van der Waals surface area contributed by atoms with E-state index in [0.717, 1.165) is 6.54 Å². The molecule has 0 aromatic carbocycles. The maximum atomic E-state index is 3.75. The Balaban J connectivity index is 2.43. The molecule has 1 unspecified atom stereocenters. The Morgan fingerprint density at radius 2 is 2.13 bits per heavy atom. The minimum absolute atomic E-state index is 0.206. The molecule has 1 fully saturated rings. The highest BCUT2D eigenvalue weighted by Gasteiger charge is 2.45. The van der Waals surface area contributed by atoms with Crippen LogP contribution in [0.25, 0.3) is 0 Å². The Kier molecular flexibility index (Phi) is 2.68. The summed E-state index contributed by atoms with van der Waals surface area (Å²) >= 11 is 1.87. The van der Waals surface area contributed by atoms with E-state index in [4.69, 9.17) is 0 Å². The standard InChI is InChI=1S/C13H21NS/c1-10-8-11(9-15-10)13(12(2,3)4)6-5-7-14-13/h8-9,14H,5-7H2,1-4H3. The zero-order valence-electron chi connectivity index (χ0n) is 10.2. The molecule has 84 valence electrons. The molecule has 0 spiro atoms. The predicted molar refractivity (Wildman–Crippen MR) is 67.4 cm³/mol. The van der Waals surface area contributed by atoms with Gasteiger partial charge in [0.05, 0.1) is 0 Å². The first kappa shape index (κ1) is 11.2. The second kappa shape index (κ2) is 3.60. The van der Waals surface area contributed by atoms with E-state index < -0.39 is 0 Å². The molecule has 2 heteroatoms. The van der Waals surface area contributed by atoms with E-state index in [1.54, 1.807) is 0 Å². The van der Waals surface area contributed by atoms with E-state index in [2.05, 4.69) is 44.5 Å². The molecule has 0 bridgehead atoms. The van der Waals surface area contributed by atoms with Gasteiger partial charge in [-0.05, 0) is 48.7 Å². The number of rotatable bonds is 1. The molecule has 1 aromatic heterocycles. The maximum Gasteiger partial charge on any atom is 0.0492 e. The number of hydrogen-bond donors (Lipinski definition) is 1. The summed E-state index contributed by atoms with van der Waals surface area (Å²) in [6, 6.07) is 2.36. The van der Waals surface area contributed by atoms with Gasteiger partial charge >= 0.3 is 0 Å². The Morgan fingerprint density at radius 1 is 1.40 bits per heavy atom. The van der Waals surface area contributed by atoms with Crippen molar-refractivity contribution in [1.29, 1.82) is 0 Å². The van der Waals surface area contributed by atoms with Gasteiger partial charge < -0.3 is 5.32 Å². The molecule has 0 amide bonds. The van der Waals surface area contributed by atoms with Gasteiger partial charge in [0, 0.05) is 10.4 Å². The van der Waals surface area contributed by atoms with Crippen molar-refractivity contribution < 1.29 is 0 Å². The third-order valence-corrected chi connectivity index (χ3v) is 4.52. The van der Waals surface area contributed by atoms with Crippen LogP contribution >= 0.6 is 11.3 Å². The molecule has 1 aromatic rings. The Labute approximate surface area is 96.9 Å². The van der Waals surface area contributed by atoms with E-state index in [-0.39, 0.29) is 11.0 Å². The average Bonchev–Trinajstić information content (AvgIpc) is 2.69. The molecule has 1 aliphatic heterocycles. The molecule has 2 heterocycles. The first-order valence-corrected chi connectivity index (χ1v) is 6.64. The van der Waals surface area contributed by atoms with Gasteiger partial charge in [-0.15, -0.1) is 11.3 Å². The minimum Gasteiger partial charge on any atom is -0.307 e. The third-order valence-electron chi connectivity index (χ3n) is 3.66. The van der Waals surface area contributed by atoms with Crippen molar-refractivity contribution in [3.8, 4) is 0 Å². The van der Waals surface area contributed by atoms with Crippen molar-refractivity contribution in [1.82, 2.24) is 5.32 Å². The second-order valence-electron chi connectivity index (χ2n) is 5.63. The van der Waals surface area contributed by atoms with Crippen molar-refractivity contribution in [2.45, 2.75) is 46.1 Å². The lowest BCUT2D eigenvalue weighted by Gasteiger charge is -2.42. The van der Waals surface area contributed by atoms with Crippen molar-refractivity contribution in [3.05, 3.63) is 21.9 Å². The molecular formula is C13H21NS. The van der Waals surface area contributed by atoms with Gasteiger partial charge in [0.15, 0.2) is 0 Å². The van der Waals surface area contributed by atoms with Crippen molar-refractivity contribution in [3.63, 3.8) is 0 Å². The fourth-order valence-electron chi connectivity index (χ4n) is 2.73. The fraction of sp³-hybridized carbons (Fsp3) is 0.692. The smallest absolute Gasteiger partial charge is 0.0492 e. The average molecular weight is 223 g/mol. The lowest BCUT2D eigenvalue weighted by molar-refractivity contribution is 0.161. The molecule has 1 N–H and O–H groups in total. The normalized spacial score (nSPS) is 27.2. The number of nitrogens with one attached hydrogen (secondary N) is 1. The molecule has 0 saturated carbocycles. The molecule has 2 rings (SSSR count). The van der Waals surface area contributed by atoms with Gasteiger partial charge in [0.25, 0.3) is 0 Å². The lowest BCUT2D eigenvalue weighted by atomic mass is 9.69. The zero-order chi connectivity index (χ0) is 11.1. The number of thiophene rings is 1. The van der Waals surface area contributed by atoms with Crippen LogP contribution in [0.4, 0.5) is 0 Å². The molecule has 0 radical (unpaired) electrons. The SMILES string of the molecule is Cc1cc(C2(C(C)(C)C)CCCN2)cs1. The van der Waals surface area contributed by atoms with E-state index >= 15 is 0 Å². The summed E-state index contributed by atoms with van der Waals surface area (Å²) in [4.78, 5) is 1.42. The van der Waals surface area contributed by atoms with Crippen LogP contribution in [0.2, 0.25) is 0 Å². The molecule has 0 aliphatic carbocycles. The van der Waals surface area contributed by atoms with Crippen LogP contribution in [0.15, 0.2) is 11.4 Å². The van der Waals surface area contributed by atoms with Gasteiger partial charge in [0.1, 0.15) is 0 Å². The summed E-state index contributed by atoms with van der Waals surface area (Å²) < 4.78 is 0. The highest BCUT2D eigenvalue weighted by atomic mass is 32.1. The first-order chi connectivity index (χ1) is 6.96. The molecule has 1 atom stereocenters. The predicted octanol–water partition coefficient (Wildman–Crippen LogP) is 3.68. The van der Waals surface area contributed by atoms with Gasteiger partial charge in [-0.1, -0.05) is 20.8 Å². The van der Waals surface area contributed by atoms with Crippen LogP contribution in [0.1, 0.15) is 44.1 Å². The van der Waals surface area contributed by atoms with E-state index in [1.165, 1.54) is 23.3 Å². The maximum absolute atomic E-state index is 3.75. The second-order valence-corrected chi connectivity index (χ2v) is 6.75. The monoisotopic (exact) mass is 223 g/mol. The Hall–Kier alpha value is -0.340. The topological polar surface area (TPSA) is 12.0 Å². The largest absolute Gasteiger partial charge is 0.307 e. The van der Waals surface area contributed by atoms with Crippen LogP contribution < -0.4 is 5.32 Å². The van der Waals surface area contributed by atoms with E-state index in [9.17, 15) is 0 Å². The van der Waals surface area contributed by atoms with Crippen LogP contribution in [0, 0.1) is 12.3 Å². The molecule has 15 heavy (non-hydrogen) atoms. The van der Waals surface area contributed by atoms with Crippen LogP contribution in [0.3, 0.4) is 0 Å². The quantitative estimate of drug-likeness (QED) is 0.766. The van der Waals surface area contributed by atoms with Crippen molar-refractivity contribution >= 4 is 11.3 Å². The lowest BCUT2D eigenvalue weighted by Crippen LogP contribution is -2.47. The summed E-state index contributed by atoms with van der Waals surface area (Å²) in [5.74, 6) is 0. The van der Waals surface area contributed by atoms with Crippen molar-refractivity contribution in [2.75, 3.05) is 6.54 Å². The van der Waals surface area contributed by atoms with E-state index in [1.807, 2.05) is 11.3 Å².